The number of amidine groups is 1. The number of aryl methyl sites for hydroxylation is 1. The highest BCUT2D eigenvalue weighted by Crippen LogP contribution is 2.44. The standard InChI is InChI=1S/C30H40N2O3S/c31-30-25(17-18-32-30)16-13-21-11-14-22(15-12-21)26-19-27(23-7-3-1-4-8-23)29(36(33,34)35)28(20-26)24-9-5-2-6-10-24/h11-12,14-15,19-20,23-25H,1-10,13,16-18H2,(H2,31,32)(H,33,34,35). The van der Waals surface area contributed by atoms with Crippen LogP contribution < -0.4 is 5.32 Å². The van der Waals surface area contributed by atoms with E-state index in [1.165, 1.54) is 18.4 Å². The molecule has 0 bridgehead atoms. The summed E-state index contributed by atoms with van der Waals surface area (Å²) < 4.78 is 36.0. The van der Waals surface area contributed by atoms with Gasteiger partial charge in [0.1, 0.15) is 4.90 Å². The molecule has 1 unspecified atom stereocenters. The molecule has 36 heavy (non-hydrogen) atoms. The molecule has 5 rings (SSSR count). The third-order valence-electron chi connectivity index (χ3n) is 8.78. The van der Waals surface area contributed by atoms with Crippen molar-refractivity contribution in [1.29, 1.82) is 5.41 Å². The Hall–Kier alpha value is -2.18. The van der Waals surface area contributed by atoms with Crippen LogP contribution in [-0.4, -0.2) is 25.4 Å². The fourth-order valence-corrected chi connectivity index (χ4v) is 7.78. The van der Waals surface area contributed by atoms with E-state index in [-0.39, 0.29) is 16.7 Å². The van der Waals surface area contributed by atoms with Gasteiger partial charge in [-0.1, -0.05) is 62.8 Å². The molecule has 3 aliphatic rings. The molecule has 1 atom stereocenters. The van der Waals surface area contributed by atoms with Crippen LogP contribution in [0.4, 0.5) is 0 Å². The fourth-order valence-electron chi connectivity index (χ4n) is 6.74. The second kappa shape index (κ2) is 11.1. The molecule has 3 N–H and O–H groups in total. The molecule has 2 aliphatic carbocycles. The largest absolute Gasteiger partial charge is 0.374 e. The van der Waals surface area contributed by atoms with E-state index in [1.807, 2.05) is 0 Å². The van der Waals surface area contributed by atoms with Crippen molar-refractivity contribution in [2.24, 2.45) is 5.92 Å². The van der Waals surface area contributed by atoms with Crippen LogP contribution in [0.5, 0.6) is 0 Å². The van der Waals surface area contributed by atoms with Crippen molar-refractivity contribution in [1.82, 2.24) is 5.32 Å². The molecular weight excluding hydrogens is 468 g/mol. The molecule has 1 heterocycles. The number of nitrogens with one attached hydrogen (secondary N) is 2. The summed E-state index contributed by atoms with van der Waals surface area (Å²) in [5.41, 5.74) is 5.12. The summed E-state index contributed by atoms with van der Waals surface area (Å²) in [7, 11) is -4.31. The van der Waals surface area contributed by atoms with Gasteiger partial charge in [-0.25, -0.2) is 0 Å². The smallest absolute Gasteiger partial charge is 0.295 e. The summed E-state index contributed by atoms with van der Waals surface area (Å²) in [5, 5.41) is 11.2. The van der Waals surface area contributed by atoms with Crippen LogP contribution in [0.1, 0.15) is 106 Å². The Balaban J connectivity index is 1.50. The highest BCUT2D eigenvalue weighted by molar-refractivity contribution is 7.86. The van der Waals surface area contributed by atoms with Crippen molar-refractivity contribution < 1.29 is 13.0 Å². The lowest BCUT2D eigenvalue weighted by molar-refractivity contribution is 0.419. The predicted molar refractivity (Wildman–Crippen MR) is 146 cm³/mol. The minimum absolute atomic E-state index is 0.188. The van der Waals surface area contributed by atoms with E-state index in [0.29, 0.717) is 11.8 Å². The fraction of sp³-hybridized carbons (Fsp3) is 0.567. The Kier molecular flexibility index (Phi) is 7.82. The van der Waals surface area contributed by atoms with E-state index in [9.17, 15) is 13.0 Å². The van der Waals surface area contributed by atoms with Gasteiger partial charge < -0.3 is 5.32 Å². The topological polar surface area (TPSA) is 90.3 Å². The zero-order chi connectivity index (χ0) is 25.1. The lowest BCUT2D eigenvalue weighted by atomic mass is 9.78. The van der Waals surface area contributed by atoms with Gasteiger partial charge in [-0.15, -0.1) is 0 Å². The molecule has 3 fully saturated rings. The van der Waals surface area contributed by atoms with Gasteiger partial charge in [-0.2, -0.15) is 8.42 Å². The lowest BCUT2D eigenvalue weighted by Gasteiger charge is -2.29. The average molecular weight is 509 g/mol. The van der Waals surface area contributed by atoms with Gasteiger partial charge in [0.15, 0.2) is 0 Å². The molecule has 6 heteroatoms. The number of benzene rings is 2. The summed E-state index contributed by atoms with van der Waals surface area (Å²) in [6.45, 7) is 0.911. The normalized spacial score (nSPS) is 22.0. The molecule has 0 aromatic heterocycles. The molecule has 0 amide bonds. The van der Waals surface area contributed by atoms with Gasteiger partial charge >= 0.3 is 0 Å². The molecule has 1 saturated heterocycles. The highest BCUT2D eigenvalue weighted by atomic mass is 32.2. The first-order valence-corrected chi connectivity index (χ1v) is 15.4. The van der Waals surface area contributed by atoms with Crippen LogP contribution in [0.25, 0.3) is 11.1 Å². The number of hydrogen-bond acceptors (Lipinski definition) is 3. The van der Waals surface area contributed by atoms with Crippen molar-refractivity contribution in [2.45, 2.75) is 100 Å². The molecule has 5 nitrogen and oxygen atoms in total. The summed E-state index contributed by atoms with van der Waals surface area (Å²) in [6, 6.07) is 12.8. The molecule has 2 aromatic carbocycles. The van der Waals surface area contributed by atoms with Crippen molar-refractivity contribution in [3.8, 4) is 11.1 Å². The summed E-state index contributed by atoms with van der Waals surface area (Å²) in [6.07, 6.45) is 13.8. The molecule has 2 saturated carbocycles. The van der Waals surface area contributed by atoms with Gasteiger partial charge in [-0.3, -0.25) is 9.96 Å². The first-order chi connectivity index (χ1) is 17.4. The van der Waals surface area contributed by atoms with Crippen LogP contribution in [0.2, 0.25) is 0 Å². The van der Waals surface area contributed by atoms with Crippen LogP contribution in [0.15, 0.2) is 41.3 Å². The molecule has 0 radical (unpaired) electrons. The first kappa shape index (κ1) is 25.5. The molecule has 2 aromatic rings. The Labute approximate surface area is 216 Å². The molecule has 194 valence electrons. The van der Waals surface area contributed by atoms with E-state index in [4.69, 9.17) is 5.41 Å². The summed E-state index contributed by atoms with van der Waals surface area (Å²) >= 11 is 0. The van der Waals surface area contributed by atoms with E-state index >= 15 is 0 Å². The van der Waals surface area contributed by atoms with Gasteiger partial charge in [0.05, 0.1) is 5.84 Å². The molecular formula is C30H40N2O3S. The minimum atomic E-state index is -4.31. The van der Waals surface area contributed by atoms with Crippen molar-refractivity contribution in [2.75, 3.05) is 6.54 Å². The lowest BCUT2D eigenvalue weighted by Crippen LogP contribution is -2.18. The minimum Gasteiger partial charge on any atom is -0.374 e. The first-order valence-electron chi connectivity index (χ1n) is 14.0. The Morgan fingerprint density at radius 3 is 1.83 bits per heavy atom. The second-order valence-corrected chi connectivity index (χ2v) is 12.5. The Morgan fingerprint density at radius 1 is 0.806 bits per heavy atom. The van der Waals surface area contributed by atoms with Gasteiger partial charge in [0.2, 0.25) is 0 Å². The monoisotopic (exact) mass is 508 g/mol. The van der Waals surface area contributed by atoms with Gasteiger partial charge in [-0.05, 0) is 96.7 Å². The van der Waals surface area contributed by atoms with Crippen molar-refractivity contribution >= 4 is 16.0 Å². The second-order valence-electron chi connectivity index (χ2n) is 11.2. The quantitative estimate of drug-likeness (QED) is 0.345. The summed E-state index contributed by atoms with van der Waals surface area (Å²) in [4.78, 5) is 0.217. The summed E-state index contributed by atoms with van der Waals surface area (Å²) in [5.74, 6) is 1.39. The van der Waals surface area contributed by atoms with Crippen LogP contribution in [0.3, 0.4) is 0 Å². The average Bonchev–Trinajstić information content (AvgIpc) is 3.32. The van der Waals surface area contributed by atoms with E-state index in [2.05, 4.69) is 41.7 Å². The van der Waals surface area contributed by atoms with Gasteiger partial charge in [0.25, 0.3) is 10.1 Å². The predicted octanol–water partition coefficient (Wildman–Crippen LogP) is 7.22. The Bertz CT molecular complexity index is 1140. The van der Waals surface area contributed by atoms with Crippen molar-refractivity contribution in [3.63, 3.8) is 0 Å². The van der Waals surface area contributed by atoms with Crippen LogP contribution >= 0.6 is 0 Å². The molecule has 0 spiro atoms. The van der Waals surface area contributed by atoms with E-state index in [1.54, 1.807) is 0 Å². The zero-order valence-electron chi connectivity index (χ0n) is 21.3. The third-order valence-corrected chi connectivity index (χ3v) is 9.77. The van der Waals surface area contributed by atoms with Crippen LogP contribution in [-0.2, 0) is 16.5 Å². The SMILES string of the molecule is N=C1NCCC1CCc1ccc(-c2cc(C3CCCCC3)c(S(=O)(=O)O)c(C3CCCCC3)c2)cc1. The highest BCUT2D eigenvalue weighted by Gasteiger charge is 2.31. The number of hydrogen-bond donors (Lipinski definition) is 3. The third kappa shape index (κ3) is 5.70. The Morgan fingerprint density at radius 2 is 1.36 bits per heavy atom. The maximum absolute atomic E-state index is 12.8. The van der Waals surface area contributed by atoms with E-state index < -0.39 is 10.1 Å². The number of rotatable bonds is 7. The van der Waals surface area contributed by atoms with E-state index in [0.717, 1.165) is 99.4 Å². The van der Waals surface area contributed by atoms with Crippen LogP contribution in [0, 0.1) is 11.3 Å². The molecule has 1 aliphatic heterocycles. The van der Waals surface area contributed by atoms with Crippen molar-refractivity contribution in [3.05, 3.63) is 53.1 Å². The van der Waals surface area contributed by atoms with Gasteiger partial charge in [0, 0.05) is 12.5 Å². The zero-order valence-corrected chi connectivity index (χ0v) is 22.1. The maximum atomic E-state index is 12.8. The maximum Gasteiger partial charge on any atom is 0.295 e.